The highest BCUT2D eigenvalue weighted by Crippen LogP contribution is 2.39. The first-order chi connectivity index (χ1) is 9.29. The number of amides is 1. The number of esters is 1. The number of methoxy groups -OCH3 is 1. The molecule has 0 spiro atoms. The van der Waals surface area contributed by atoms with E-state index in [0.29, 0.717) is 0 Å². The Morgan fingerprint density at radius 1 is 1.30 bits per heavy atom. The number of hydrogen-bond acceptors (Lipinski definition) is 4. The molecule has 1 fully saturated rings. The Hall–Kier alpha value is -1.31. The zero-order valence-corrected chi connectivity index (χ0v) is 11.1. The lowest BCUT2D eigenvalue weighted by atomic mass is 9.81. The minimum Gasteiger partial charge on any atom is -0.467 e. The highest BCUT2D eigenvalue weighted by Gasteiger charge is 2.42. The van der Waals surface area contributed by atoms with Gasteiger partial charge in [0.25, 0.3) is 0 Å². The van der Waals surface area contributed by atoms with E-state index in [2.05, 4.69) is 10.1 Å². The lowest BCUT2D eigenvalue weighted by Gasteiger charge is -2.29. The quantitative estimate of drug-likeness (QED) is 0.759. The van der Waals surface area contributed by atoms with E-state index in [1.54, 1.807) is 0 Å². The Balaban J connectivity index is 2.48. The molecule has 20 heavy (non-hydrogen) atoms. The van der Waals surface area contributed by atoms with Gasteiger partial charge in [0.15, 0.2) is 6.04 Å². The van der Waals surface area contributed by atoms with Crippen LogP contribution in [0.1, 0.15) is 25.7 Å². The van der Waals surface area contributed by atoms with Crippen LogP contribution in [0.5, 0.6) is 0 Å². The molecule has 1 saturated carbocycles. The maximum Gasteiger partial charge on any atom is 0.391 e. The van der Waals surface area contributed by atoms with E-state index in [0.717, 1.165) is 7.11 Å². The minimum atomic E-state index is -4.22. The number of ether oxygens (including phenoxy) is 1. The summed E-state index contributed by atoms with van der Waals surface area (Å²) in [5, 5.41) is 11.3. The number of alkyl halides is 3. The van der Waals surface area contributed by atoms with Crippen LogP contribution in [0, 0.1) is 11.8 Å². The molecular weight excluding hydrogens is 279 g/mol. The van der Waals surface area contributed by atoms with E-state index in [-0.39, 0.29) is 25.7 Å². The topological polar surface area (TPSA) is 75.6 Å². The lowest BCUT2D eigenvalue weighted by molar-refractivity contribution is -0.184. The van der Waals surface area contributed by atoms with Gasteiger partial charge in [0.2, 0.25) is 5.91 Å². The minimum absolute atomic E-state index is 0.0936. The van der Waals surface area contributed by atoms with Crippen molar-refractivity contribution in [2.24, 2.45) is 11.8 Å². The van der Waals surface area contributed by atoms with Gasteiger partial charge >= 0.3 is 12.1 Å². The van der Waals surface area contributed by atoms with Crippen LogP contribution in [-0.2, 0) is 14.3 Å². The summed E-state index contributed by atoms with van der Waals surface area (Å²) in [5.74, 6) is -3.23. The van der Waals surface area contributed by atoms with Crippen LogP contribution in [0.15, 0.2) is 0 Å². The van der Waals surface area contributed by atoms with Crippen LogP contribution in [0.3, 0.4) is 0 Å². The summed E-state index contributed by atoms with van der Waals surface area (Å²) in [4.78, 5) is 23.0. The Morgan fingerprint density at radius 3 is 2.25 bits per heavy atom. The van der Waals surface area contributed by atoms with Gasteiger partial charge in [-0.05, 0) is 25.7 Å². The Bertz CT molecular complexity index is 351. The number of nitrogens with one attached hydrogen (secondary N) is 1. The Labute approximate surface area is 114 Å². The summed E-state index contributed by atoms with van der Waals surface area (Å²) < 4.78 is 41.9. The van der Waals surface area contributed by atoms with E-state index in [4.69, 9.17) is 5.11 Å². The van der Waals surface area contributed by atoms with E-state index in [1.165, 1.54) is 0 Å². The van der Waals surface area contributed by atoms with Gasteiger partial charge < -0.3 is 15.2 Å². The Kier molecular flexibility index (Phi) is 5.79. The number of carbonyl (C=O) groups excluding carboxylic acids is 2. The van der Waals surface area contributed by atoms with E-state index >= 15 is 0 Å². The summed E-state index contributed by atoms with van der Waals surface area (Å²) >= 11 is 0. The average Bonchev–Trinajstić information content (AvgIpc) is 2.42. The lowest BCUT2D eigenvalue weighted by Crippen LogP contribution is -2.47. The van der Waals surface area contributed by atoms with Gasteiger partial charge in [-0.25, -0.2) is 4.79 Å². The van der Waals surface area contributed by atoms with Gasteiger partial charge in [-0.1, -0.05) is 0 Å². The molecule has 1 aliphatic rings. The molecular formula is C12H18F3NO4. The van der Waals surface area contributed by atoms with Gasteiger partial charge in [0.1, 0.15) is 0 Å². The molecule has 2 N–H and O–H groups in total. The molecule has 5 nitrogen and oxygen atoms in total. The van der Waals surface area contributed by atoms with Crippen molar-refractivity contribution in [3.63, 3.8) is 0 Å². The second kappa shape index (κ2) is 6.92. The SMILES string of the molecule is COC(=O)C(CO)NC(=O)C1CCC(C(F)(F)F)CC1. The monoisotopic (exact) mass is 297 g/mol. The van der Waals surface area contributed by atoms with Gasteiger partial charge in [-0.2, -0.15) is 13.2 Å². The van der Waals surface area contributed by atoms with Crippen LogP contribution in [0.2, 0.25) is 0 Å². The number of rotatable bonds is 4. The molecule has 1 aliphatic carbocycles. The number of halogens is 3. The largest absolute Gasteiger partial charge is 0.467 e. The van der Waals surface area contributed by atoms with Crippen LogP contribution in [0.25, 0.3) is 0 Å². The maximum absolute atomic E-state index is 12.5. The fraction of sp³-hybridized carbons (Fsp3) is 0.833. The molecule has 8 heteroatoms. The predicted molar refractivity (Wildman–Crippen MR) is 62.5 cm³/mol. The first-order valence-corrected chi connectivity index (χ1v) is 6.35. The molecule has 0 aromatic rings. The van der Waals surface area contributed by atoms with Crippen LogP contribution >= 0.6 is 0 Å². The molecule has 1 rings (SSSR count). The normalized spacial score (nSPS) is 24.9. The maximum atomic E-state index is 12.5. The van der Waals surface area contributed by atoms with Gasteiger partial charge in [0, 0.05) is 5.92 Å². The molecule has 0 aromatic heterocycles. The number of aliphatic hydroxyl groups is 1. The van der Waals surface area contributed by atoms with E-state index in [1.807, 2.05) is 0 Å². The van der Waals surface area contributed by atoms with Crippen molar-refractivity contribution in [2.75, 3.05) is 13.7 Å². The smallest absolute Gasteiger partial charge is 0.391 e. The number of aliphatic hydroxyl groups excluding tert-OH is 1. The summed E-state index contributed by atoms with van der Waals surface area (Å²) in [6, 6.07) is -1.17. The molecule has 116 valence electrons. The van der Waals surface area contributed by atoms with Crippen molar-refractivity contribution in [2.45, 2.75) is 37.9 Å². The summed E-state index contributed by atoms with van der Waals surface area (Å²) in [5.41, 5.74) is 0. The van der Waals surface area contributed by atoms with Gasteiger partial charge in [-0.3, -0.25) is 4.79 Å². The fourth-order valence-corrected chi connectivity index (χ4v) is 2.29. The molecule has 0 radical (unpaired) electrons. The molecule has 1 atom stereocenters. The summed E-state index contributed by atoms with van der Waals surface area (Å²) in [6.45, 7) is -0.615. The van der Waals surface area contributed by atoms with Crippen molar-refractivity contribution in [3.8, 4) is 0 Å². The second-order valence-electron chi connectivity index (χ2n) is 4.86. The first kappa shape index (κ1) is 16.7. The molecule has 0 bridgehead atoms. The van der Waals surface area contributed by atoms with Crippen LogP contribution < -0.4 is 5.32 Å². The van der Waals surface area contributed by atoms with Crippen molar-refractivity contribution in [3.05, 3.63) is 0 Å². The molecule has 1 unspecified atom stereocenters. The van der Waals surface area contributed by atoms with Gasteiger partial charge in [-0.15, -0.1) is 0 Å². The summed E-state index contributed by atoms with van der Waals surface area (Å²) in [7, 11) is 1.12. The van der Waals surface area contributed by atoms with Crippen molar-refractivity contribution >= 4 is 11.9 Å². The molecule has 0 saturated heterocycles. The zero-order valence-electron chi connectivity index (χ0n) is 11.1. The number of hydrogen-bond donors (Lipinski definition) is 2. The van der Waals surface area contributed by atoms with Crippen molar-refractivity contribution in [1.29, 1.82) is 0 Å². The highest BCUT2D eigenvalue weighted by atomic mass is 19.4. The molecule has 0 aromatic carbocycles. The van der Waals surface area contributed by atoms with E-state index in [9.17, 15) is 22.8 Å². The highest BCUT2D eigenvalue weighted by molar-refractivity contribution is 5.85. The third-order valence-corrected chi connectivity index (χ3v) is 3.55. The standard InChI is InChI=1S/C12H18F3NO4/c1-20-11(19)9(6-17)16-10(18)7-2-4-8(5-3-7)12(13,14)15/h7-9,17H,2-6H2,1H3,(H,16,18). The summed E-state index contributed by atoms with van der Waals surface area (Å²) in [6.07, 6.45) is -4.17. The molecule has 1 amide bonds. The third-order valence-electron chi connectivity index (χ3n) is 3.55. The second-order valence-corrected chi connectivity index (χ2v) is 4.86. The average molecular weight is 297 g/mol. The predicted octanol–water partition coefficient (Wildman–Crippen LogP) is 1.01. The third kappa shape index (κ3) is 4.36. The first-order valence-electron chi connectivity index (χ1n) is 6.35. The van der Waals surface area contributed by atoms with Crippen LogP contribution in [-0.4, -0.2) is 42.9 Å². The Morgan fingerprint density at radius 2 is 1.85 bits per heavy atom. The van der Waals surface area contributed by atoms with Gasteiger partial charge in [0.05, 0.1) is 19.6 Å². The van der Waals surface area contributed by atoms with E-state index < -0.39 is 42.5 Å². The molecule has 0 heterocycles. The molecule has 0 aliphatic heterocycles. The number of carbonyl (C=O) groups is 2. The van der Waals surface area contributed by atoms with Crippen molar-refractivity contribution in [1.82, 2.24) is 5.32 Å². The fourth-order valence-electron chi connectivity index (χ4n) is 2.29. The van der Waals surface area contributed by atoms with Crippen LogP contribution in [0.4, 0.5) is 13.2 Å². The zero-order chi connectivity index (χ0) is 15.3. The van der Waals surface area contributed by atoms with Crippen molar-refractivity contribution < 1.29 is 32.6 Å².